The van der Waals surface area contributed by atoms with Gasteiger partial charge >= 0.3 is 0 Å². The number of ether oxygens (including phenoxy) is 1. The maximum absolute atomic E-state index is 14.2. The highest BCUT2D eigenvalue weighted by Crippen LogP contribution is 2.28. The number of likely N-dealkylation sites (tertiary alicyclic amines) is 2. The highest BCUT2D eigenvalue weighted by Gasteiger charge is 2.46. The molecule has 0 saturated carbocycles. The molecule has 2 N–H and O–H groups in total. The zero-order chi connectivity index (χ0) is 35.7. The minimum absolute atomic E-state index is 0.0373. The van der Waals surface area contributed by atoms with Gasteiger partial charge in [-0.3, -0.25) is 33.8 Å². The summed E-state index contributed by atoms with van der Waals surface area (Å²) in [5.74, 6) is -1.38. The Balaban J connectivity index is 2.27. The topological polar surface area (TPSA) is 132 Å². The standard InChI is InChI=1S/C35H64N6O6/c1-13-24(8)30(36-9)27(47-12)20-28(42)41(23(6)7)34(45)26-17-15-18-39(26)33(44)25-16-14-19-40(25)35(46)29(21(2)3)37-32(43)31(22(4)5)38(10)11/h21-27,29-31,36H,13-20H2,1-12H3,(H,37,43)/t24-,25?,26?,27+,29-,30-,31-/m0/s1. The van der Waals surface area contributed by atoms with Crippen molar-refractivity contribution in [3.05, 3.63) is 0 Å². The van der Waals surface area contributed by atoms with E-state index in [1.807, 2.05) is 53.7 Å². The first-order chi connectivity index (χ1) is 22.0. The first kappa shape index (κ1) is 40.6. The van der Waals surface area contributed by atoms with E-state index < -0.39 is 36.3 Å². The summed E-state index contributed by atoms with van der Waals surface area (Å²) in [6.07, 6.45) is 2.74. The van der Waals surface area contributed by atoms with Crippen molar-refractivity contribution >= 4 is 29.5 Å². The molecule has 0 aliphatic carbocycles. The van der Waals surface area contributed by atoms with E-state index in [2.05, 4.69) is 24.5 Å². The number of methoxy groups -OCH3 is 1. The van der Waals surface area contributed by atoms with Crippen LogP contribution < -0.4 is 10.6 Å². The van der Waals surface area contributed by atoms with Crippen LogP contribution in [0.5, 0.6) is 0 Å². The van der Waals surface area contributed by atoms with Crippen molar-refractivity contribution < 1.29 is 28.7 Å². The molecule has 270 valence electrons. The minimum atomic E-state index is -0.784. The number of nitrogens with one attached hydrogen (secondary N) is 2. The highest BCUT2D eigenvalue weighted by molar-refractivity contribution is 6.01. The van der Waals surface area contributed by atoms with Crippen molar-refractivity contribution in [2.24, 2.45) is 17.8 Å². The number of hydrogen-bond acceptors (Lipinski definition) is 8. The predicted octanol–water partition coefficient (Wildman–Crippen LogP) is 2.50. The maximum atomic E-state index is 14.2. The van der Waals surface area contributed by atoms with E-state index in [0.29, 0.717) is 38.8 Å². The fourth-order valence-electron chi connectivity index (χ4n) is 7.37. The molecule has 2 heterocycles. The molecular formula is C35H64N6O6. The molecule has 2 unspecified atom stereocenters. The van der Waals surface area contributed by atoms with Gasteiger partial charge in [0.2, 0.25) is 23.6 Å². The Labute approximate surface area is 283 Å². The number of amides is 5. The quantitative estimate of drug-likeness (QED) is 0.258. The van der Waals surface area contributed by atoms with Crippen LogP contribution >= 0.6 is 0 Å². The van der Waals surface area contributed by atoms with Gasteiger partial charge in [-0.1, -0.05) is 48.0 Å². The van der Waals surface area contributed by atoms with Gasteiger partial charge in [0.1, 0.15) is 18.1 Å². The molecular weight excluding hydrogens is 600 g/mol. The molecule has 47 heavy (non-hydrogen) atoms. The molecule has 0 bridgehead atoms. The zero-order valence-corrected chi connectivity index (χ0v) is 31.2. The summed E-state index contributed by atoms with van der Waals surface area (Å²) in [6, 6.07) is -3.16. The predicted molar refractivity (Wildman–Crippen MR) is 183 cm³/mol. The number of rotatable bonds is 16. The summed E-state index contributed by atoms with van der Waals surface area (Å²) in [5, 5.41) is 6.26. The normalized spacial score (nSPS) is 21.7. The summed E-state index contributed by atoms with van der Waals surface area (Å²) >= 11 is 0. The Morgan fingerprint density at radius 2 is 1.45 bits per heavy atom. The van der Waals surface area contributed by atoms with Gasteiger partial charge in [-0.25, -0.2) is 0 Å². The van der Waals surface area contributed by atoms with Gasteiger partial charge in [0.15, 0.2) is 0 Å². The van der Waals surface area contributed by atoms with E-state index in [0.717, 1.165) is 6.42 Å². The van der Waals surface area contributed by atoms with Gasteiger partial charge in [-0.05, 0) is 78.4 Å². The first-order valence-electron chi connectivity index (χ1n) is 17.7. The largest absolute Gasteiger partial charge is 0.379 e. The van der Waals surface area contributed by atoms with Crippen LogP contribution in [-0.2, 0) is 28.7 Å². The van der Waals surface area contributed by atoms with Gasteiger partial charge in [0, 0.05) is 32.3 Å². The average Bonchev–Trinajstić information content (AvgIpc) is 3.69. The molecule has 0 aromatic heterocycles. The van der Waals surface area contributed by atoms with Gasteiger partial charge in [0.05, 0.1) is 18.6 Å². The van der Waals surface area contributed by atoms with Crippen molar-refractivity contribution in [2.75, 3.05) is 41.3 Å². The molecule has 5 amide bonds. The van der Waals surface area contributed by atoms with Crippen molar-refractivity contribution in [3.63, 3.8) is 0 Å². The highest BCUT2D eigenvalue weighted by atomic mass is 16.5. The van der Waals surface area contributed by atoms with Crippen molar-refractivity contribution in [1.82, 2.24) is 30.2 Å². The van der Waals surface area contributed by atoms with Crippen LogP contribution in [0.4, 0.5) is 0 Å². The monoisotopic (exact) mass is 664 g/mol. The van der Waals surface area contributed by atoms with Gasteiger partial charge < -0.3 is 25.2 Å². The van der Waals surface area contributed by atoms with Crippen LogP contribution in [0.25, 0.3) is 0 Å². The Bertz CT molecular complexity index is 1070. The molecule has 0 aromatic rings. The smallest absolute Gasteiger partial charge is 0.252 e. The number of likely N-dealkylation sites (N-methyl/N-ethyl adjacent to an activating group) is 2. The Kier molecular flexibility index (Phi) is 15.8. The number of carbonyl (C=O) groups is 5. The fourth-order valence-corrected chi connectivity index (χ4v) is 7.37. The second-order valence-electron chi connectivity index (χ2n) is 14.6. The van der Waals surface area contributed by atoms with E-state index in [4.69, 9.17) is 4.74 Å². The SMILES string of the molecule is CC[C@H](C)[C@H](NC)[C@@H](CC(=O)N(C(=O)C1CCCN1C(=O)C1CCCN1C(=O)[C@@H](NC(=O)[C@H](C(C)C)N(C)C)C(C)C)C(C)C)OC. The molecule has 2 aliphatic rings. The summed E-state index contributed by atoms with van der Waals surface area (Å²) in [4.78, 5) is 75.5. The Morgan fingerprint density at radius 1 is 0.872 bits per heavy atom. The fraction of sp³-hybridized carbons (Fsp3) is 0.857. The Morgan fingerprint density at radius 3 is 1.91 bits per heavy atom. The van der Waals surface area contributed by atoms with E-state index in [9.17, 15) is 24.0 Å². The van der Waals surface area contributed by atoms with E-state index >= 15 is 0 Å². The minimum Gasteiger partial charge on any atom is -0.379 e. The van der Waals surface area contributed by atoms with Gasteiger partial charge in [-0.15, -0.1) is 0 Å². The molecule has 2 fully saturated rings. The third-order valence-electron chi connectivity index (χ3n) is 10.0. The summed E-state index contributed by atoms with van der Waals surface area (Å²) < 4.78 is 5.74. The molecule has 0 spiro atoms. The number of hydrogen-bond donors (Lipinski definition) is 2. The van der Waals surface area contributed by atoms with Crippen LogP contribution in [0.2, 0.25) is 0 Å². The Hall–Kier alpha value is -2.57. The van der Waals surface area contributed by atoms with Gasteiger partial charge in [-0.2, -0.15) is 0 Å². The molecule has 0 radical (unpaired) electrons. The molecule has 2 aliphatic heterocycles. The molecule has 2 saturated heterocycles. The van der Waals surface area contributed by atoms with Crippen LogP contribution in [-0.4, -0.2) is 133 Å². The van der Waals surface area contributed by atoms with Crippen LogP contribution in [0.1, 0.15) is 93.9 Å². The van der Waals surface area contributed by atoms with Crippen molar-refractivity contribution in [1.29, 1.82) is 0 Å². The lowest BCUT2D eigenvalue weighted by Gasteiger charge is -2.37. The molecule has 0 aromatic carbocycles. The molecule has 2 rings (SSSR count). The van der Waals surface area contributed by atoms with E-state index in [1.165, 1.54) is 4.90 Å². The third kappa shape index (κ3) is 9.75. The van der Waals surface area contributed by atoms with Crippen LogP contribution in [0.3, 0.4) is 0 Å². The second-order valence-corrected chi connectivity index (χ2v) is 14.6. The maximum Gasteiger partial charge on any atom is 0.252 e. The van der Waals surface area contributed by atoms with Crippen LogP contribution in [0.15, 0.2) is 0 Å². The third-order valence-corrected chi connectivity index (χ3v) is 10.0. The van der Waals surface area contributed by atoms with Crippen molar-refractivity contribution in [3.8, 4) is 0 Å². The molecule has 12 heteroatoms. The lowest BCUT2D eigenvalue weighted by atomic mass is 9.92. The number of nitrogens with zero attached hydrogens (tertiary/aromatic N) is 4. The number of imide groups is 1. The number of carbonyl (C=O) groups excluding carboxylic acids is 5. The summed E-state index contributed by atoms with van der Waals surface area (Å²) in [6.45, 7) is 16.3. The lowest BCUT2D eigenvalue weighted by molar-refractivity contribution is -0.156. The summed E-state index contributed by atoms with van der Waals surface area (Å²) in [7, 11) is 7.12. The average molecular weight is 665 g/mol. The van der Waals surface area contributed by atoms with Crippen LogP contribution in [0, 0.1) is 17.8 Å². The van der Waals surface area contributed by atoms with E-state index in [-0.39, 0.29) is 59.8 Å². The van der Waals surface area contributed by atoms with Gasteiger partial charge in [0.25, 0.3) is 5.91 Å². The zero-order valence-electron chi connectivity index (χ0n) is 31.2. The molecule has 7 atom stereocenters. The summed E-state index contributed by atoms with van der Waals surface area (Å²) in [5.41, 5.74) is 0. The first-order valence-corrected chi connectivity index (χ1v) is 17.7. The second kappa shape index (κ2) is 18.3. The lowest BCUT2D eigenvalue weighted by Crippen LogP contribution is -2.59. The molecule has 12 nitrogen and oxygen atoms in total. The van der Waals surface area contributed by atoms with Crippen molar-refractivity contribution in [2.45, 2.75) is 136 Å². The van der Waals surface area contributed by atoms with E-state index in [1.54, 1.807) is 30.8 Å².